The summed E-state index contributed by atoms with van der Waals surface area (Å²) >= 11 is 0. The van der Waals surface area contributed by atoms with Crippen molar-refractivity contribution in [3.05, 3.63) is 179 Å². The molecule has 0 saturated heterocycles. The van der Waals surface area contributed by atoms with Crippen LogP contribution in [0.15, 0.2) is 146 Å². The second-order valence-corrected chi connectivity index (χ2v) is 17.2. The van der Waals surface area contributed by atoms with Crippen LogP contribution in [-0.4, -0.2) is 76.9 Å². The van der Waals surface area contributed by atoms with Crippen molar-refractivity contribution >= 4 is 35.1 Å². The summed E-state index contributed by atoms with van der Waals surface area (Å²) in [5, 5.41) is 12.8. The molecule has 12 nitrogen and oxygen atoms in total. The number of hydrogen-bond acceptors (Lipinski definition) is 8. The van der Waals surface area contributed by atoms with E-state index in [0.29, 0.717) is 69.1 Å². The first-order valence-corrected chi connectivity index (χ1v) is 23.4. The van der Waals surface area contributed by atoms with E-state index in [1.807, 2.05) is 6.07 Å². The fourth-order valence-corrected chi connectivity index (χ4v) is 7.99. The van der Waals surface area contributed by atoms with Crippen LogP contribution >= 0.6 is 0 Å². The molecule has 0 spiro atoms. The SMILES string of the molecule is COc1ccc(N(CCc2ccc(C(F)(F)F)cc2)C(=O)C(C(=O)NCC2CC2)c2ccccc2)cc1OC.COc1ccc(N(CCc2ccc(C(F)(F)F)cc2)C(=O)C(C(=O)O)c2ccccc2)cc1OC. The van der Waals surface area contributed by atoms with Gasteiger partial charge in [0, 0.05) is 43.1 Å². The van der Waals surface area contributed by atoms with Crippen LogP contribution in [0.3, 0.4) is 0 Å². The van der Waals surface area contributed by atoms with Crippen molar-refractivity contribution in [3.8, 4) is 23.0 Å². The number of carbonyl (C=O) groups excluding carboxylic acids is 3. The molecule has 1 aliphatic carbocycles. The minimum Gasteiger partial charge on any atom is -0.493 e. The molecule has 0 aliphatic heterocycles. The minimum atomic E-state index is -4.45. The average Bonchev–Trinajstić information content (AvgIpc) is 4.23. The standard InChI is InChI=1S/C30H31F3N2O4.C26H24F3NO5/c1-38-25-15-14-24(18-26(25)39-2)35(17-16-20-10-12-23(13-11-20)30(31,32)33)29(37)27(22-6-4-3-5-7-22)28(36)34-19-21-8-9-21;1-34-21-13-12-20(16-22(21)35-2)30(15-14-17-8-10-19(11-9-17)26(27,28)29)24(31)23(25(32)33)18-6-4-3-5-7-18/h3-7,10-15,18,21,27H,8-9,16-17,19H2,1-2H3,(H,34,36);3-13,16,23H,14-15H2,1-2H3,(H,32,33). The molecule has 18 heteroatoms. The van der Waals surface area contributed by atoms with Crippen LogP contribution in [0.1, 0.15) is 58.1 Å². The minimum absolute atomic E-state index is 0.0241. The number of anilines is 2. The fraction of sp³-hybridized carbons (Fsp3) is 0.286. The second-order valence-electron chi connectivity index (χ2n) is 17.2. The van der Waals surface area contributed by atoms with Crippen molar-refractivity contribution in [2.24, 2.45) is 5.92 Å². The van der Waals surface area contributed by atoms with Gasteiger partial charge in [-0.3, -0.25) is 19.2 Å². The number of methoxy groups -OCH3 is 4. The molecule has 1 saturated carbocycles. The zero-order chi connectivity index (χ0) is 53.6. The lowest BCUT2D eigenvalue weighted by atomic mass is 9.95. The maximum Gasteiger partial charge on any atom is 0.416 e. The summed E-state index contributed by atoms with van der Waals surface area (Å²) in [6.07, 6.45) is -6.32. The largest absolute Gasteiger partial charge is 0.493 e. The van der Waals surface area contributed by atoms with Crippen molar-refractivity contribution in [2.45, 2.75) is 49.9 Å². The number of ether oxygens (including phenoxy) is 4. The van der Waals surface area contributed by atoms with E-state index < -0.39 is 59.0 Å². The Hall–Kier alpha value is -8.02. The highest BCUT2D eigenvalue weighted by Gasteiger charge is 2.36. The molecule has 2 N–H and O–H groups in total. The Morgan fingerprint density at radius 1 is 0.541 bits per heavy atom. The Balaban J connectivity index is 0.000000242. The van der Waals surface area contributed by atoms with Gasteiger partial charge in [-0.15, -0.1) is 0 Å². The van der Waals surface area contributed by atoms with Gasteiger partial charge in [0.2, 0.25) is 17.7 Å². The molecule has 6 aromatic carbocycles. The Morgan fingerprint density at radius 2 is 0.919 bits per heavy atom. The van der Waals surface area contributed by atoms with Crippen LogP contribution in [0.4, 0.5) is 37.7 Å². The molecule has 390 valence electrons. The van der Waals surface area contributed by atoms with E-state index in [-0.39, 0.29) is 25.9 Å². The average molecular weight is 1030 g/mol. The van der Waals surface area contributed by atoms with E-state index in [0.717, 1.165) is 37.1 Å². The normalized spacial score (nSPS) is 13.0. The first kappa shape index (κ1) is 55.3. The highest BCUT2D eigenvalue weighted by molar-refractivity contribution is 6.12. The summed E-state index contributed by atoms with van der Waals surface area (Å²) in [6.45, 7) is 0.659. The molecule has 6 aromatic rings. The molecule has 2 atom stereocenters. The summed E-state index contributed by atoms with van der Waals surface area (Å²) in [4.78, 5) is 56.0. The van der Waals surface area contributed by atoms with Crippen molar-refractivity contribution in [1.82, 2.24) is 5.32 Å². The first-order valence-electron chi connectivity index (χ1n) is 23.4. The van der Waals surface area contributed by atoms with Gasteiger partial charge in [0.1, 0.15) is 5.92 Å². The molecule has 7 rings (SSSR count). The van der Waals surface area contributed by atoms with Crippen LogP contribution in [0, 0.1) is 5.92 Å². The topological polar surface area (TPSA) is 144 Å². The Kier molecular flexibility index (Phi) is 18.7. The lowest BCUT2D eigenvalue weighted by molar-refractivity contribution is -0.143. The van der Waals surface area contributed by atoms with Crippen molar-refractivity contribution < 1.29 is 69.6 Å². The van der Waals surface area contributed by atoms with Crippen LogP contribution < -0.4 is 34.1 Å². The van der Waals surface area contributed by atoms with E-state index in [9.17, 15) is 50.6 Å². The van der Waals surface area contributed by atoms with E-state index in [4.69, 9.17) is 18.9 Å². The van der Waals surface area contributed by atoms with Gasteiger partial charge in [-0.2, -0.15) is 26.3 Å². The number of halogens is 6. The predicted octanol–water partition coefficient (Wildman–Crippen LogP) is 10.8. The Morgan fingerprint density at radius 3 is 1.27 bits per heavy atom. The number of alkyl halides is 6. The lowest BCUT2D eigenvalue weighted by Gasteiger charge is -2.28. The number of amides is 3. The molecule has 3 amide bonds. The van der Waals surface area contributed by atoms with Gasteiger partial charge < -0.3 is 39.2 Å². The summed E-state index contributed by atoms with van der Waals surface area (Å²) in [5.41, 5.74) is 1.36. The molecule has 74 heavy (non-hydrogen) atoms. The summed E-state index contributed by atoms with van der Waals surface area (Å²) in [5.74, 6) is -3.37. The third-order valence-electron chi connectivity index (χ3n) is 12.2. The number of carbonyl (C=O) groups is 4. The third-order valence-corrected chi connectivity index (χ3v) is 12.2. The maximum atomic E-state index is 14.2. The third kappa shape index (κ3) is 14.6. The number of nitrogens with zero attached hydrogens (tertiary/aromatic N) is 2. The van der Waals surface area contributed by atoms with Gasteiger partial charge in [0.25, 0.3) is 0 Å². The molecule has 2 unspecified atom stereocenters. The second kappa shape index (κ2) is 25.1. The van der Waals surface area contributed by atoms with Gasteiger partial charge in [0.05, 0.1) is 39.6 Å². The summed E-state index contributed by atoms with van der Waals surface area (Å²) in [7, 11) is 5.87. The monoisotopic (exact) mass is 1030 g/mol. The fourth-order valence-electron chi connectivity index (χ4n) is 7.99. The van der Waals surface area contributed by atoms with Crippen molar-refractivity contribution in [3.63, 3.8) is 0 Å². The zero-order valence-electron chi connectivity index (χ0n) is 40.9. The molecule has 0 heterocycles. The van der Waals surface area contributed by atoms with Gasteiger partial charge in [-0.1, -0.05) is 84.9 Å². The number of carboxylic acids is 1. The van der Waals surface area contributed by atoms with Crippen molar-refractivity contribution in [1.29, 1.82) is 0 Å². The van der Waals surface area contributed by atoms with Crippen LogP contribution in [0.25, 0.3) is 0 Å². The summed E-state index contributed by atoms with van der Waals surface area (Å²) < 4.78 is 99.1. The van der Waals surface area contributed by atoms with Crippen LogP contribution in [0.2, 0.25) is 0 Å². The number of hydrogen-bond donors (Lipinski definition) is 2. The number of benzene rings is 6. The molecule has 0 aromatic heterocycles. The van der Waals surface area contributed by atoms with Crippen LogP contribution in [0.5, 0.6) is 23.0 Å². The molecule has 0 bridgehead atoms. The van der Waals surface area contributed by atoms with E-state index in [1.54, 1.807) is 91.0 Å². The van der Waals surface area contributed by atoms with Crippen LogP contribution in [-0.2, 0) is 44.4 Å². The number of aliphatic carboxylic acids is 1. The Labute approximate surface area is 424 Å². The highest BCUT2D eigenvalue weighted by Crippen LogP contribution is 2.36. The smallest absolute Gasteiger partial charge is 0.416 e. The molecular weight excluding hydrogens is 973 g/mol. The van der Waals surface area contributed by atoms with Gasteiger partial charge >= 0.3 is 18.3 Å². The first-order chi connectivity index (χ1) is 35.4. The Bertz CT molecular complexity index is 2830. The molecule has 1 aliphatic rings. The van der Waals surface area contributed by atoms with Gasteiger partial charge in [0.15, 0.2) is 28.9 Å². The quantitative estimate of drug-likeness (QED) is 0.0564. The summed E-state index contributed by atoms with van der Waals surface area (Å²) in [6, 6.07) is 36.1. The van der Waals surface area contributed by atoms with Gasteiger partial charge in [-0.25, -0.2) is 0 Å². The molecule has 0 radical (unpaired) electrons. The van der Waals surface area contributed by atoms with E-state index in [2.05, 4.69) is 5.32 Å². The zero-order valence-corrected chi connectivity index (χ0v) is 40.9. The maximum absolute atomic E-state index is 14.2. The van der Waals surface area contributed by atoms with Crippen molar-refractivity contribution in [2.75, 3.05) is 57.9 Å². The lowest BCUT2D eigenvalue weighted by Crippen LogP contribution is -2.43. The van der Waals surface area contributed by atoms with E-state index >= 15 is 0 Å². The number of rotatable bonds is 20. The predicted molar refractivity (Wildman–Crippen MR) is 266 cm³/mol. The number of nitrogens with one attached hydrogen (secondary N) is 1. The van der Waals surface area contributed by atoms with Gasteiger partial charge in [-0.05, 0) is 102 Å². The molecule has 1 fully saturated rings. The highest BCUT2D eigenvalue weighted by atomic mass is 19.4. The molecular formula is C56H55F6N3O9. The number of carboxylic acid groups (broad SMARTS) is 1. The van der Waals surface area contributed by atoms with E-state index in [1.165, 1.54) is 62.5 Å².